The molecule has 0 N–H and O–H groups in total. The lowest BCUT2D eigenvalue weighted by Gasteiger charge is -2.13. The maximum atomic E-state index is 5.45. The highest BCUT2D eigenvalue weighted by Crippen LogP contribution is 2.45. The van der Waals surface area contributed by atoms with Crippen LogP contribution in [0.15, 0.2) is 340 Å². The van der Waals surface area contributed by atoms with E-state index in [4.69, 9.17) is 19.9 Å². The average molecular weight is 1340 g/mol. The SMILES string of the molecule is c1ccc(-c2cc(-n3c4ccccc4c4cc5c(cc43)c3ccccc3n5-c3ccccc3)nc(-c3ccc4sc5ccccc5c4c3)n2)cc1.c1ccc(-c2cc(-n3c4ccccc4c4cc5c(cc43)c3ccccc3n5-c3ccccc3)nc(-c3cccc4sc5ccccc5c34)n2)cc1. The fourth-order valence-corrected chi connectivity index (χ4v) is 18.0. The van der Waals surface area contributed by atoms with Crippen molar-refractivity contribution in [2.75, 3.05) is 0 Å². The second-order valence-electron chi connectivity index (χ2n) is 26.0. The molecule has 476 valence electrons. The minimum atomic E-state index is 0.705. The van der Waals surface area contributed by atoms with Crippen LogP contribution in [-0.2, 0) is 0 Å². The van der Waals surface area contributed by atoms with Crippen molar-refractivity contribution in [2.24, 2.45) is 0 Å². The van der Waals surface area contributed by atoms with Crippen molar-refractivity contribution < 1.29 is 0 Å². The van der Waals surface area contributed by atoms with Crippen molar-refractivity contribution in [1.82, 2.24) is 38.2 Å². The number of hydrogen-bond acceptors (Lipinski definition) is 6. The molecule has 102 heavy (non-hydrogen) atoms. The Kier molecular flexibility index (Phi) is 13.2. The zero-order valence-corrected chi connectivity index (χ0v) is 56.4. The number of benzene rings is 14. The van der Waals surface area contributed by atoms with Gasteiger partial charge in [0.15, 0.2) is 11.6 Å². The topological polar surface area (TPSA) is 71.3 Å². The molecule has 8 aromatic heterocycles. The molecule has 22 rings (SSSR count). The molecule has 0 atom stereocenters. The van der Waals surface area contributed by atoms with E-state index in [-0.39, 0.29) is 0 Å². The van der Waals surface area contributed by atoms with Crippen molar-refractivity contribution in [3.05, 3.63) is 340 Å². The standard InChI is InChI=1S/2C46H28N4S/c1-3-14-29(15-4-1)37-28-44(48-46(47-37)34-21-13-25-43-45(34)33-20-9-12-24-42(33)51-43)50-39-23-11-8-19-32(39)36-26-40-35(27-41(36)50)31-18-7-10-22-38(31)49(40)30-16-5-2-6-17-30;1-3-13-29(14-4-1)38-28-45(48-46(47-38)30-23-24-44-37(25-30)34-19-9-12-22-43(34)51-44)50-40-21-11-8-18-33(40)36-26-41-35(27-42(36)50)32-17-7-10-20-39(32)49(41)31-15-5-2-6-16-31/h2*1-28H. The molecule has 0 aliphatic carbocycles. The summed E-state index contributed by atoms with van der Waals surface area (Å²) in [4.78, 5) is 21.3. The summed E-state index contributed by atoms with van der Waals surface area (Å²) in [5.41, 5.74) is 17.4. The highest BCUT2D eigenvalue weighted by molar-refractivity contribution is 7.26. The first-order chi connectivity index (χ1) is 50.6. The largest absolute Gasteiger partial charge is 0.309 e. The van der Waals surface area contributed by atoms with E-state index in [0.29, 0.717) is 11.6 Å². The lowest BCUT2D eigenvalue weighted by molar-refractivity contribution is 1.05. The Morgan fingerprint density at radius 2 is 0.569 bits per heavy atom. The van der Waals surface area contributed by atoms with Gasteiger partial charge in [0.25, 0.3) is 0 Å². The molecule has 0 radical (unpaired) electrons. The predicted molar refractivity (Wildman–Crippen MR) is 429 cm³/mol. The van der Waals surface area contributed by atoms with Crippen LogP contribution in [0.2, 0.25) is 0 Å². The van der Waals surface area contributed by atoms with Crippen molar-refractivity contribution in [3.63, 3.8) is 0 Å². The zero-order chi connectivity index (χ0) is 66.9. The van der Waals surface area contributed by atoms with Gasteiger partial charge in [0, 0.05) is 129 Å². The lowest BCUT2D eigenvalue weighted by Crippen LogP contribution is -2.02. The van der Waals surface area contributed by atoms with E-state index >= 15 is 0 Å². The monoisotopic (exact) mass is 1340 g/mol. The van der Waals surface area contributed by atoms with Gasteiger partial charge in [-0.05, 0) is 109 Å². The van der Waals surface area contributed by atoms with Crippen LogP contribution < -0.4 is 0 Å². The maximum absolute atomic E-state index is 5.45. The van der Waals surface area contributed by atoms with Gasteiger partial charge in [-0.2, -0.15) is 0 Å². The third-order valence-electron chi connectivity index (χ3n) is 20.3. The maximum Gasteiger partial charge on any atom is 0.162 e. The fraction of sp³-hybridized carbons (Fsp3) is 0. The molecule has 0 unspecified atom stereocenters. The third-order valence-corrected chi connectivity index (χ3v) is 22.5. The van der Waals surface area contributed by atoms with E-state index in [9.17, 15) is 0 Å². The Morgan fingerprint density at radius 3 is 1.07 bits per heavy atom. The number of para-hydroxylation sites is 6. The molecule has 0 aliphatic rings. The van der Waals surface area contributed by atoms with Gasteiger partial charge in [-0.15, -0.1) is 22.7 Å². The van der Waals surface area contributed by atoms with Crippen LogP contribution >= 0.6 is 22.7 Å². The van der Waals surface area contributed by atoms with Crippen LogP contribution in [0.4, 0.5) is 0 Å². The lowest BCUT2D eigenvalue weighted by atomic mass is 10.1. The predicted octanol–water partition coefficient (Wildman–Crippen LogP) is 24.7. The van der Waals surface area contributed by atoms with E-state index in [1.165, 1.54) is 106 Å². The first-order valence-electron chi connectivity index (χ1n) is 34.3. The zero-order valence-electron chi connectivity index (χ0n) is 54.7. The number of nitrogens with zero attached hydrogens (tertiary/aromatic N) is 8. The number of aromatic nitrogens is 8. The summed E-state index contributed by atoms with van der Waals surface area (Å²) < 4.78 is 14.5. The summed E-state index contributed by atoms with van der Waals surface area (Å²) in [5.74, 6) is 3.10. The molecule has 0 spiro atoms. The molecule has 14 aromatic carbocycles. The van der Waals surface area contributed by atoms with Crippen molar-refractivity contribution in [2.45, 2.75) is 0 Å². The minimum absolute atomic E-state index is 0.705. The van der Waals surface area contributed by atoms with Crippen LogP contribution in [0, 0.1) is 0 Å². The van der Waals surface area contributed by atoms with Crippen LogP contribution in [-0.4, -0.2) is 38.2 Å². The molecule has 0 bridgehead atoms. The van der Waals surface area contributed by atoms with Crippen LogP contribution in [0.25, 0.3) is 196 Å². The number of fused-ring (bicyclic) bond motifs is 18. The molecular formula is C92H56N8S2. The second-order valence-corrected chi connectivity index (χ2v) is 28.2. The fourth-order valence-electron chi connectivity index (χ4n) is 15.8. The van der Waals surface area contributed by atoms with Gasteiger partial charge >= 0.3 is 0 Å². The summed E-state index contributed by atoms with van der Waals surface area (Å²) in [6.07, 6.45) is 0. The Hall–Kier alpha value is -13.1. The van der Waals surface area contributed by atoms with E-state index in [2.05, 4.69) is 352 Å². The van der Waals surface area contributed by atoms with Gasteiger partial charge in [-0.25, -0.2) is 19.9 Å². The van der Waals surface area contributed by atoms with E-state index in [1.807, 2.05) is 28.7 Å². The van der Waals surface area contributed by atoms with Crippen LogP contribution in [0.3, 0.4) is 0 Å². The smallest absolute Gasteiger partial charge is 0.162 e. The number of rotatable bonds is 8. The summed E-state index contributed by atoms with van der Waals surface area (Å²) in [6.45, 7) is 0. The summed E-state index contributed by atoms with van der Waals surface area (Å²) in [5, 5.41) is 14.5. The molecule has 0 aliphatic heterocycles. The van der Waals surface area contributed by atoms with Crippen molar-refractivity contribution in [3.8, 4) is 68.3 Å². The van der Waals surface area contributed by atoms with Gasteiger partial charge in [0.2, 0.25) is 0 Å². The second kappa shape index (κ2) is 23.3. The molecule has 8 heterocycles. The molecule has 8 nitrogen and oxygen atoms in total. The Bertz CT molecular complexity index is 7120. The Morgan fingerprint density at radius 1 is 0.206 bits per heavy atom. The van der Waals surface area contributed by atoms with Crippen LogP contribution in [0.1, 0.15) is 0 Å². The summed E-state index contributed by atoms with van der Waals surface area (Å²) >= 11 is 3.64. The molecule has 0 fully saturated rings. The molecule has 0 amide bonds. The van der Waals surface area contributed by atoms with Crippen molar-refractivity contribution in [1.29, 1.82) is 0 Å². The van der Waals surface area contributed by atoms with Gasteiger partial charge in [-0.3, -0.25) is 9.13 Å². The van der Waals surface area contributed by atoms with E-state index in [1.54, 1.807) is 0 Å². The van der Waals surface area contributed by atoms with E-state index < -0.39 is 0 Å². The first kappa shape index (κ1) is 57.9. The van der Waals surface area contributed by atoms with Crippen molar-refractivity contribution >= 4 is 150 Å². The molecule has 0 saturated carbocycles. The van der Waals surface area contributed by atoms with E-state index in [0.717, 1.165) is 78.7 Å². The Labute approximate surface area is 592 Å². The minimum Gasteiger partial charge on any atom is -0.309 e. The van der Waals surface area contributed by atoms with Gasteiger partial charge in [0.1, 0.15) is 11.6 Å². The molecular weight excluding hydrogens is 1280 g/mol. The highest BCUT2D eigenvalue weighted by Gasteiger charge is 2.24. The van der Waals surface area contributed by atoms with Gasteiger partial charge in [-0.1, -0.05) is 218 Å². The summed E-state index contributed by atoms with van der Waals surface area (Å²) in [7, 11) is 0. The third kappa shape index (κ3) is 9.20. The quantitative estimate of drug-likeness (QED) is 0.152. The normalized spacial score (nSPS) is 11.9. The molecule has 0 saturated heterocycles. The van der Waals surface area contributed by atoms with Gasteiger partial charge in [0.05, 0.1) is 55.5 Å². The Balaban J connectivity index is 0.000000133. The summed E-state index contributed by atoms with van der Waals surface area (Å²) in [6, 6.07) is 121. The average Bonchev–Trinajstić information content (AvgIpc) is 1.56. The number of hydrogen-bond donors (Lipinski definition) is 0. The highest BCUT2D eigenvalue weighted by atomic mass is 32.1. The molecule has 22 aromatic rings. The van der Waals surface area contributed by atoms with Crippen LogP contribution in [0.5, 0.6) is 0 Å². The molecule has 10 heteroatoms. The van der Waals surface area contributed by atoms with Gasteiger partial charge < -0.3 is 9.13 Å². The number of thiophene rings is 2. The first-order valence-corrected chi connectivity index (χ1v) is 36.0.